The molecule has 0 spiro atoms. The fourth-order valence-corrected chi connectivity index (χ4v) is 4.79. The number of alkyl halides is 4. The number of fused-ring (bicyclic) bond motifs is 1. The highest BCUT2D eigenvalue weighted by atomic mass is 19.4. The average molecular weight is 478 g/mol. The van der Waals surface area contributed by atoms with Gasteiger partial charge in [0.1, 0.15) is 22.8 Å². The van der Waals surface area contributed by atoms with Gasteiger partial charge in [-0.15, -0.1) is 0 Å². The summed E-state index contributed by atoms with van der Waals surface area (Å²) < 4.78 is 56.4. The molecule has 4 rings (SSSR count). The molecule has 1 amide bonds. The fraction of sp³-hybridized carbons (Fsp3) is 0.565. The number of anilines is 1. The lowest BCUT2D eigenvalue weighted by Crippen LogP contribution is -2.54. The molecule has 0 radical (unpaired) electrons. The molecule has 2 aromatic rings. The van der Waals surface area contributed by atoms with Gasteiger partial charge < -0.3 is 15.1 Å². The molecule has 182 valence electrons. The van der Waals surface area contributed by atoms with Gasteiger partial charge in [0.15, 0.2) is 0 Å². The molecule has 7 nitrogen and oxygen atoms in total. The summed E-state index contributed by atoms with van der Waals surface area (Å²) in [5.41, 5.74) is -0.338. The lowest BCUT2D eigenvalue weighted by atomic mass is 9.89. The molecule has 3 heterocycles. The van der Waals surface area contributed by atoms with E-state index in [0.717, 1.165) is 0 Å². The van der Waals surface area contributed by atoms with E-state index in [0.29, 0.717) is 29.8 Å². The van der Waals surface area contributed by atoms with Gasteiger partial charge in [-0.2, -0.15) is 18.4 Å². The zero-order valence-corrected chi connectivity index (χ0v) is 18.8. The Bertz CT molecular complexity index is 1090. The molecule has 0 unspecified atom stereocenters. The van der Waals surface area contributed by atoms with Crippen molar-refractivity contribution >= 4 is 22.6 Å². The number of nitriles is 1. The third-order valence-corrected chi connectivity index (χ3v) is 6.70. The molecule has 0 bridgehead atoms. The second-order valence-electron chi connectivity index (χ2n) is 9.27. The first kappa shape index (κ1) is 24.1. The smallest absolute Gasteiger partial charge is 0.367 e. The van der Waals surface area contributed by atoms with Crippen LogP contribution in [-0.4, -0.2) is 71.9 Å². The van der Waals surface area contributed by atoms with Gasteiger partial charge in [-0.3, -0.25) is 14.8 Å². The SMILES string of the molecule is CN1CCC(F)(CC(=O)N[C@@H]2C[C@H](C(F)(F)F)CN(c3ccc(C#N)c4nccnc34)C2)CC1. The predicted molar refractivity (Wildman–Crippen MR) is 118 cm³/mol. The van der Waals surface area contributed by atoms with Crippen LogP contribution in [0.5, 0.6) is 0 Å². The maximum absolute atomic E-state index is 15.1. The van der Waals surface area contributed by atoms with Crippen molar-refractivity contribution in [2.45, 2.75) is 43.6 Å². The van der Waals surface area contributed by atoms with Gasteiger partial charge >= 0.3 is 6.18 Å². The van der Waals surface area contributed by atoms with Gasteiger partial charge in [-0.25, -0.2) is 4.39 Å². The molecular formula is C23H26F4N6O. The van der Waals surface area contributed by atoms with Gasteiger partial charge in [0.2, 0.25) is 5.91 Å². The Morgan fingerprint density at radius 2 is 1.88 bits per heavy atom. The second kappa shape index (κ2) is 9.33. The number of rotatable bonds is 4. The quantitative estimate of drug-likeness (QED) is 0.680. The number of amides is 1. The molecule has 1 aromatic carbocycles. The highest BCUT2D eigenvalue weighted by Crippen LogP contribution is 2.37. The molecule has 2 aliphatic rings. The molecular weight excluding hydrogens is 452 g/mol. The first-order chi connectivity index (χ1) is 16.1. The molecule has 2 fully saturated rings. The van der Waals surface area contributed by atoms with E-state index >= 15 is 4.39 Å². The van der Waals surface area contributed by atoms with E-state index < -0.39 is 29.7 Å². The van der Waals surface area contributed by atoms with Crippen LogP contribution < -0.4 is 10.2 Å². The monoisotopic (exact) mass is 478 g/mol. The van der Waals surface area contributed by atoms with Crippen molar-refractivity contribution in [2.24, 2.45) is 5.92 Å². The number of piperidine rings is 2. The number of nitrogens with zero attached hydrogens (tertiary/aromatic N) is 5. The Morgan fingerprint density at radius 3 is 2.53 bits per heavy atom. The molecule has 1 N–H and O–H groups in total. The van der Waals surface area contributed by atoms with Crippen LogP contribution in [0.1, 0.15) is 31.2 Å². The van der Waals surface area contributed by atoms with Crippen molar-refractivity contribution in [3.63, 3.8) is 0 Å². The Balaban J connectivity index is 1.55. The molecule has 2 atom stereocenters. The number of aromatic nitrogens is 2. The van der Waals surface area contributed by atoms with Crippen molar-refractivity contribution in [1.82, 2.24) is 20.2 Å². The minimum absolute atomic E-state index is 0.109. The fourth-order valence-electron chi connectivity index (χ4n) is 4.79. The van der Waals surface area contributed by atoms with Gasteiger partial charge in [0.05, 0.1) is 23.6 Å². The average Bonchev–Trinajstić information content (AvgIpc) is 2.79. The van der Waals surface area contributed by atoms with E-state index in [1.807, 2.05) is 18.0 Å². The summed E-state index contributed by atoms with van der Waals surface area (Å²) in [5.74, 6) is -2.26. The van der Waals surface area contributed by atoms with Gasteiger partial charge in [-0.05, 0) is 38.4 Å². The lowest BCUT2D eigenvalue weighted by Gasteiger charge is -2.40. The number of hydrogen-bond acceptors (Lipinski definition) is 6. The number of likely N-dealkylation sites (tertiary alicyclic amines) is 1. The molecule has 0 aliphatic carbocycles. The zero-order chi connectivity index (χ0) is 24.5. The molecule has 11 heteroatoms. The van der Waals surface area contributed by atoms with Gasteiger partial charge in [0, 0.05) is 44.6 Å². The molecule has 2 aliphatic heterocycles. The van der Waals surface area contributed by atoms with Crippen LogP contribution in [0.15, 0.2) is 24.5 Å². The largest absolute Gasteiger partial charge is 0.393 e. The summed E-state index contributed by atoms with van der Waals surface area (Å²) in [6, 6.07) is 4.26. The van der Waals surface area contributed by atoms with Crippen LogP contribution in [0.4, 0.5) is 23.2 Å². The first-order valence-corrected chi connectivity index (χ1v) is 11.2. The molecule has 1 aromatic heterocycles. The van der Waals surface area contributed by atoms with Gasteiger partial charge in [-0.1, -0.05) is 0 Å². The maximum Gasteiger partial charge on any atom is 0.393 e. The third kappa shape index (κ3) is 5.22. The van der Waals surface area contributed by atoms with Crippen LogP contribution in [0, 0.1) is 17.2 Å². The van der Waals surface area contributed by atoms with Crippen molar-refractivity contribution in [3.05, 3.63) is 30.1 Å². The maximum atomic E-state index is 15.1. The summed E-state index contributed by atoms with van der Waals surface area (Å²) >= 11 is 0. The number of hydrogen-bond donors (Lipinski definition) is 1. The van der Waals surface area contributed by atoms with Crippen LogP contribution in [0.2, 0.25) is 0 Å². The third-order valence-electron chi connectivity index (χ3n) is 6.70. The van der Waals surface area contributed by atoms with E-state index in [9.17, 15) is 23.2 Å². The van der Waals surface area contributed by atoms with Crippen molar-refractivity contribution in [1.29, 1.82) is 5.26 Å². The zero-order valence-electron chi connectivity index (χ0n) is 18.8. The Labute approximate surface area is 194 Å². The van der Waals surface area contributed by atoms with E-state index in [-0.39, 0.29) is 44.3 Å². The van der Waals surface area contributed by atoms with E-state index in [2.05, 4.69) is 15.3 Å². The van der Waals surface area contributed by atoms with Crippen LogP contribution in [-0.2, 0) is 4.79 Å². The lowest BCUT2D eigenvalue weighted by molar-refractivity contribution is -0.178. The van der Waals surface area contributed by atoms with Crippen molar-refractivity contribution in [2.75, 3.05) is 38.1 Å². The Hall–Kier alpha value is -3.00. The number of carbonyl (C=O) groups excluding carboxylic acids is 1. The normalized spacial score (nSPS) is 23.5. The minimum Gasteiger partial charge on any atom is -0.367 e. The summed E-state index contributed by atoms with van der Waals surface area (Å²) in [6.45, 7) is 0.860. The summed E-state index contributed by atoms with van der Waals surface area (Å²) in [5, 5.41) is 12.0. The highest BCUT2D eigenvalue weighted by Gasteiger charge is 2.45. The van der Waals surface area contributed by atoms with Crippen LogP contribution >= 0.6 is 0 Å². The second-order valence-corrected chi connectivity index (χ2v) is 9.27. The number of benzene rings is 1. The summed E-state index contributed by atoms with van der Waals surface area (Å²) in [6.07, 6.45) is -1.85. The summed E-state index contributed by atoms with van der Waals surface area (Å²) in [7, 11) is 1.88. The highest BCUT2D eigenvalue weighted by molar-refractivity contribution is 5.92. The summed E-state index contributed by atoms with van der Waals surface area (Å²) in [4.78, 5) is 24.6. The molecule has 2 saturated heterocycles. The Morgan fingerprint density at radius 1 is 1.21 bits per heavy atom. The minimum atomic E-state index is -4.47. The number of carbonyl (C=O) groups is 1. The van der Waals surface area contributed by atoms with Crippen LogP contribution in [0.25, 0.3) is 11.0 Å². The van der Waals surface area contributed by atoms with E-state index in [1.165, 1.54) is 23.4 Å². The molecule has 0 saturated carbocycles. The van der Waals surface area contributed by atoms with E-state index in [4.69, 9.17) is 0 Å². The van der Waals surface area contributed by atoms with Crippen molar-refractivity contribution in [3.8, 4) is 6.07 Å². The van der Waals surface area contributed by atoms with Crippen LogP contribution in [0.3, 0.4) is 0 Å². The standard InChI is InChI=1S/C23H26F4N6O/c1-32-8-4-22(24,5-9-32)11-19(34)31-17-10-16(23(25,26)27)13-33(14-17)18-3-2-15(12-28)20-21(18)30-7-6-29-20/h2-3,6-7,16-17H,4-5,8-11,13-14H2,1H3,(H,31,34)/t16-,17+/m0/s1. The number of nitrogens with one attached hydrogen (secondary N) is 1. The molecule has 34 heavy (non-hydrogen) atoms. The topological polar surface area (TPSA) is 85.2 Å². The number of halogens is 4. The first-order valence-electron chi connectivity index (χ1n) is 11.2. The van der Waals surface area contributed by atoms with Crippen molar-refractivity contribution < 1.29 is 22.4 Å². The Kier molecular flexibility index (Phi) is 6.62. The van der Waals surface area contributed by atoms with E-state index in [1.54, 1.807) is 6.07 Å². The van der Waals surface area contributed by atoms with Gasteiger partial charge in [0.25, 0.3) is 0 Å². The predicted octanol–water partition coefficient (Wildman–Crippen LogP) is 3.20.